The number of likely N-dealkylation sites (N-methyl/N-ethyl adjacent to an activating group) is 1. The summed E-state index contributed by atoms with van der Waals surface area (Å²) in [4.78, 5) is 6.31. The molecule has 2 N–H and O–H groups in total. The highest BCUT2D eigenvalue weighted by Gasteiger charge is 2.05. The lowest BCUT2D eigenvalue weighted by molar-refractivity contribution is 0.319. The topological polar surface area (TPSA) is 60.0 Å². The van der Waals surface area contributed by atoms with Crippen molar-refractivity contribution in [2.45, 2.75) is 20.0 Å². The largest absolute Gasteiger partial charge is 0.329 e. The summed E-state index contributed by atoms with van der Waals surface area (Å²) < 4.78 is 1.90. The van der Waals surface area contributed by atoms with Crippen LogP contribution in [-0.2, 0) is 13.1 Å². The van der Waals surface area contributed by atoms with Crippen LogP contribution in [0.2, 0.25) is 0 Å². The van der Waals surface area contributed by atoms with Gasteiger partial charge in [0.1, 0.15) is 12.2 Å². The molecular weight excluding hydrogens is 166 g/mol. The molecule has 5 nitrogen and oxygen atoms in total. The molecule has 0 aromatic carbocycles. The van der Waals surface area contributed by atoms with Crippen LogP contribution in [0.25, 0.3) is 0 Å². The fourth-order valence-electron chi connectivity index (χ4n) is 1.22. The predicted molar refractivity (Wildman–Crippen MR) is 51.1 cm³/mol. The molecule has 0 fully saturated rings. The first-order valence-electron chi connectivity index (χ1n) is 4.53. The summed E-state index contributed by atoms with van der Waals surface area (Å²) in [6.07, 6.45) is 1.59. The van der Waals surface area contributed by atoms with E-state index < -0.39 is 0 Å². The van der Waals surface area contributed by atoms with Crippen LogP contribution in [0.4, 0.5) is 0 Å². The van der Waals surface area contributed by atoms with Crippen LogP contribution in [0.1, 0.15) is 12.7 Å². The van der Waals surface area contributed by atoms with Crippen molar-refractivity contribution in [3.8, 4) is 0 Å². The summed E-state index contributed by atoms with van der Waals surface area (Å²) in [6, 6.07) is 0. The number of aromatic nitrogens is 3. The molecule has 13 heavy (non-hydrogen) atoms. The first kappa shape index (κ1) is 10.1. The summed E-state index contributed by atoms with van der Waals surface area (Å²) in [6.45, 7) is 5.30. The second-order valence-corrected chi connectivity index (χ2v) is 3.02. The zero-order chi connectivity index (χ0) is 9.68. The number of nitrogens with two attached hydrogens (primary N) is 1. The highest BCUT2D eigenvalue weighted by atomic mass is 15.3. The minimum atomic E-state index is 0.677. The van der Waals surface area contributed by atoms with Crippen LogP contribution in [-0.4, -0.2) is 39.8 Å². The van der Waals surface area contributed by atoms with Crippen molar-refractivity contribution in [2.75, 3.05) is 20.1 Å². The average molecular weight is 183 g/mol. The minimum Gasteiger partial charge on any atom is -0.329 e. The van der Waals surface area contributed by atoms with Crippen LogP contribution < -0.4 is 5.73 Å². The lowest BCUT2D eigenvalue weighted by Gasteiger charge is -2.14. The van der Waals surface area contributed by atoms with Gasteiger partial charge in [0.2, 0.25) is 0 Å². The number of hydrogen-bond donors (Lipinski definition) is 1. The van der Waals surface area contributed by atoms with Gasteiger partial charge in [-0.2, -0.15) is 5.10 Å². The molecular formula is C8H17N5. The molecule has 0 saturated carbocycles. The third-order valence-corrected chi connectivity index (χ3v) is 1.92. The second kappa shape index (κ2) is 4.94. The zero-order valence-electron chi connectivity index (χ0n) is 8.27. The Hall–Kier alpha value is -0.940. The maximum Gasteiger partial charge on any atom is 0.140 e. The Morgan fingerprint density at radius 3 is 3.00 bits per heavy atom. The molecule has 1 aromatic heterocycles. The first-order chi connectivity index (χ1) is 6.27. The SMILES string of the molecule is CCn1ncnc1CN(C)CCN. The van der Waals surface area contributed by atoms with Gasteiger partial charge in [-0.05, 0) is 14.0 Å². The molecule has 0 bridgehead atoms. The number of nitrogens with zero attached hydrogens (tertiary/aromatic N) is 4. The molecule has 5 heteroatoms. The number of aryl methyl sites for hydroxylation is 1. The highest BCUT2D eigenvalue weighted by Crippen LogP contribution is 1.97. The maximum atomic E-state index is 5.44. The van der Waals surface area contributed by atoms with Crippen LogP contribution in [0.5, 0.6) is 0 Å². The molecule has 0 aliphatic rings. The standard InChI is InChI=1S/C8H17N5/c1-3-13-8(10-7-11-13)6-12(2)5-4-9/h7H,3-6,9H2,1-2H3. The van der Waals surface area contributed by atoms with E-state index in [1.807, 2.05) is 11.7 Å². The summed E-state index contributed by atoms with van der Waals surface area (Å²) in [5, 5.41) is 4.10. The third-order valence-electron chi connectivity index (χ3n) is 1.92. The second-order valence-electron chi connectivity index (χ2n) is 3.02. The van der Waals surface area contributed by atoms with Gasteiger partial charge in [-0.3, -0.25) is 4.90 Å². The molecule has 0 aliphatic heterocycles. The molecule has 1 heterocycles. The lowest BCUT2D eigenvalue weighted by Crippen LogP contribution is -2.26. The van der Waals surface area contributed by atoms with Crippen LogP contribution in [0.3, 0.4) is 0 Å². The van der Waals surface area contributed by atoms with E-state index in [0.29, 0.717) is 6.54 Å². The van der Waals surface area contributed by atoms with Crippen molar-refractivity contribution in [3.63, 3.8) is 0 Å². The Morgan fingerprint density at radius 2 is 2.38 bits per heavy atom. The Kier molecular flexibility index (Phi) is 3.85. The number of rotatable bonds is 5. The van der Waals surface area contributed by atoms with Gasteiger partial charge in [0.25, 0.3) is 0 Å². The van der Waals surface area contributed by atoms with Crippen LogP contribution >= 0.6 is 0 Å². The average Bonchev–Trinajstić information content (AvgIpc) is 2.52. The Balaban J connectivity index is 2.52. The van der Waals surface area contributed by atoms with E-state index in [4.69, 9.17) is 5.73 Å². The molecule has 0 aliphatic carbocycles. The van der Waals surface area contributed by atoms with Gasteiger partial charge >= 0.3 is 0 Å². The fourth-order valence-corrected chi connectivity index (χ4v) is 1.22. The Morgan fingerprint density at radius 1 is 1.62 bits per heavy atom. The molecule has 1 rings (SSSR count). The van der Waals surface area contributed by atoms with E-state index in [-0.39, 0.29) is 0 Å². The van der Waals surface area contributed by atoms with Crippen molar-refractivity contribution in [1.82, 2.24) is 19.7 Å². The first-order valence-corrected chi connectivity index (χ1v) is 4.53. The molecule has 1 aromatic rings. The number of hydrogen-bond acceptors (Lipinski definition) is 4. The van der Waals surface area contributed by atoms with E-state index in [2.05, 4.69) is 21.9 Å². The molecule has 0 saturated heterocycles. The Labute approximate surface area is 78.5 Å². The van der Waals surface area contributed by atoms with Crippen molar-refractivity contribution in [2.24, 2.45) is 5.73 Å². The molecule has 0 amide bonds. The van der Waals surface area contributed by atoms with E-state index in [0.717, 1.165) is 25.5 Å². The van der Waals surface area contributed by atoms with Gasteiger partial charge in [-0.1, -0.05) is 0 Å². The lowest BCUT2D eigenvalue weighted by atomic mass is 10.5. The fraction of sp³-hybridized carbons (Fsp3) is 0.750. The molecule has 0 radical (unpaired) electrons. The summed E-state index contributed by atoms with van der Waals surface area (Å²) in [7, 11) is 2.03. The normalized spacial score (nSPS) is 11.1. The van der Waals surface area contributed by atoms with Crippen molar-refractivity contribution >= 4 is 0 Å². The maximum absolute atomic E-state index is 5.44. The molecule has 0 unspecified atom stereocenters. The van der Waals surface area contributed by atoms with Gasteiger partial charge in [-0.25, -0.2) is 9.67 Å². The minimum absolute atomic E-state index is 0.677. The summed E-state index contributed by atoms with van der Waals surface area (Å²) in [5.41, 5.74) is 5.44. The molecule has 74 valence electrons. The van der Waals surface area contributed by atoms with Crippen molar-refractivity contribution < 1.29 is 0 Å². The van der Waals surface area contributed by atoms with Gasteiger partial charge in [-0.15, -0.1) is 0 Å². The van der Waals surface area contributed by atoms with Crippen molar-refractivity contribution in [3.05, 3.63) is 12.2 Å². The Bertz CT molecular complexity index is 244. The van der Waals surface area contributed by atoms with Gasteiger partial charge in [0, 0.05) is 19.6 Å². The third kappa shape index (κ3) is 2.78. The molecule has 0 spiro atoms. The highest BCUT2D eigenvalue weighted by molar-refractivity contribution is 4.83. The summed E-state index contributed by atoms with van der Waals surface area (Å²) >= 11 is 0. The van der Waals surface area contributed by atoms with Crippen LogP contribution in [0, 0.1) is 0 Å². The molecule has 0 atom stereocenters. The predicted octanol–water partition coefficient (Wildman–Crippen LogP) is -0.311. The van der Waals surface area contributed by atoms with Gasteiger partial charge in [0.05, 0.1) is 6.54 Å². The van der Waals surface area contributed by atoms with E-state index in [1.165, 1.54) is 0 Å². The zero-order valence-corrected chi connectivity index (χ0v) is 8.27. The smallest absolute Gasteiger partial charge is 0.140 e. The van der Waals surface area contributed by atoms with E-state index in [9.17, 15) is 0 Å². The quantitative estimate of drug-likeness (QED) is 0.680. The van der Waals surface area contributed by atoms with Crippen LogP contribution in [0.15, 0.2) is 6.33 Å². The van der Waals surface area contributed by atoms with E-state index in [1.54, 1.807) is 6.33 Å². The monoisotopic (exact) mass is 183 g/mol. The van der Waals surface area contributed by atoms with Gasteiger partial charge < -0.3 is 5.73 Å². The van der Waals surface area contributed by atoms with Crippen molar-refractivity contribution in [1.29, 1.82) is 0 Å². The van der Waals surface area contributed by atoms with Gasteiger partial charge in [0.15, 0.2) is 0 Å². The summed E-state index contributed by atoms with van der Waals surface area (Å²) in [5.74, 6) is 0.999. The van der Waals surface area contributed by atoms with E-state index >= 15 is 0 Å².